The molecule has 1 aliphatic rings. The molecule has 3 aromatic rings. The molecule has 9 heteroatoms. The van der Waals surface area contributed by atoms with Gasteiger partial charge in [-0.1, -0.05) is 5.16 Å². The molecule has 31 heavy (non-hydrogen) atoms. The van der Waals surface area contributed by atoms with Gasteiger partial charge in [0.1, 0.15) is 17.7 Å². The van der Waals surface area contributed by atoms with Crippen LogP contribution >= 0.6 is 0 Å². The van der Waals surface area contributed by atoms with E-state index in [1.54, 1.807) is 25.3 Å². The number of nitrogens with zero attached hydrogens (tertiary/aromatic N) is 5. The molecular weight excluding hydrogens is 399 g/mol. The smallest absolute Gasteiger partial charge is 0.242 e. The highest BCUT2D eigenvalue weighted by Crippen LogP contribution is 2.30. The SMILES string of the molecule is Cc1nc(-c2ccc(N3CCCCC3C(=O)NCCCn3ccnc3C)c(F)c2)no1. The topological polar surface area (TPSA) is 89.1 Å². The van der Waals surface area contributed by atoms with E-state index in [4.69, 9.17) is 4.52 Å². The zero-order valence-corrected chi connectivity index (χ0v) is 17.8. The summed E-state index contributed by atoms with van der Waals surface area (Å²) in [4.78, 5) is 23.1. The van der Waals surface area contributed by atoms with Crippen molar-refractivity contribution in [3.05, 3.63) is 48.1 Å². The van der Waals surface area contributed by atoms with Crippen molar-refractivity contribution in [1.82, 2.24) is 25.0 Å². The van der Waals surface area contributed by atoms with Crippen LogP contribution in [0.2, 0.25) is 0 Å². The lowest BCUT2D eigenvalue weighted by molar-refractivity contribution is -0.122. The highest BCUT2D eigenvalue weighted by molar-refractivity contribution is 5.85. The molecular formula is C22H27FN6O2. The van der Waals surface area contributed by atoms with Crippen LogP contribution in [0.4, 0.5) is 10.1 Å². The van der Waals surface area contributed by atoms with Crippen LogP contribution in [-0.2, 0) is 11.3 Å². The van der Waals surface area contributed by atoms with Crippen molar-refractivity contribution in [3.8, 4) is 11.4 Å². The molecule has 1 aliphatic heterocycles. The van der Waals surface area contributed by atoms with Crippen LogP contribution in [-0.4, -0.2) is 44.7 Å². The second kappa shape index (κ2) is 9.28. The molecule has 4 rings (SSSR count). The fraction of sp³-hybridized carbons (Fsp3) is 0.455. The van der Waals surface area contributed by atoms with Gasteiger partial charge in [0.05, 0.1) is 5.69 Å². The number of imidazole rings is 1. The summed E-state index contributed by atoms with van der Waals surface area (Å²) in [5.41, 5.74) is 0.976. The molecule has 1 fully saturated rings. The third-order valence-corrected chi connectivity index (χ3v) is 5.65. The van der Waals surface area contributed by atoms with E-state index >= 15 is 0 Å². The molecule has 2 aromatic heterocycles. The Labute approximate surface area is 180 Å². The molecule has 3 heterocycles. The average molecular weight is 426 g/mol. The summed E-state index contributed by atoms with van der Waals surface area (Å²) in [6.45, 7) is 5.66. The Morgan fingerprint density at radius 1 is 1.32 bits per heavy atom. The summed E-state index contributed by atoms with van der Waals surface area (Å²) in [6, 6.07) is 4.48. The first-order chi connectivity index (χ1) is 15.0. The number of aromatic nitrogens is 4. The minimum absolute atomic E-state index is 0.0562. The first kappa shape index (κ1) is 21.0. The highest BCUT2D eigenvalue weighted by atomic mass is 19.1. The second-order valence-electron chi connectivity index (χ2n) is 7.82. The standard InChI is InChI=1S/C22H27FN6O2/c1-15-24-10-13-28(15)11-5-9-25-22(30)20-6-3-4-12-29(20)19-8-7-17(14-18(19)23)21-26-16(2)31-27-21/h7-8,10,13-14,20H,3-6,9,11-12H2,1-2H3,(H,25,30). The minimum Gasteiger partial charge on any atom is -0.357 e. The third-order valence-electron chi connectivity index (χ3n) is 5.65. The number of carbonyl (C=O) groups is 1. The highest BCUT2D eigenvalue weighted by Gasteiger charge is 2.30. The lowest BCUT2D eigenvalue weighted by Gasteiger charge is -2.36. The van der Waals surface area contributed by atoms with Crippen molar-refractivity contribution in [2.24, 2.45) is 0 Å². The van der Waals surface area contributed by atoms with Gasteiger partial charge in [-0.15, -0.1) is 0 Å². The quantitative estimate of drug-likeness (QED) is 0.584. The molecule has 0 radical (unpaired) electrons. The molecule has 1 aromatic carbocycles. The van der Waals surface area contributed by atoms with E-state index in [9.17, 15) is 9.18 Å². The summed E-state index contributed by atoms with van der Waals surface area (Å²) < 4.78 is 22.0. The van der Waals surface area contributed by atoms with E-state index in [2.05, 4.69) is 25.0 Å². The van der Waals surface area contributed by atoms with Crippen LogP contribution in [0.15, 0.2) is 35.1 Å². The van der Waals surface area contributed by atoms with Gasteiger partial charge in [0.2, 0.25) is 17.6 Å². The van der Waals surface area contributed by atoms with Crippen molar-refractivity contribution >= 4 is 11.6 Å². The molecule has 164 valence electrons. The second-order valence-corrected chi connectivity index (χ2v) is 7.82. The van der Waals surface area contributed by atoms with Gasteiger partial charge in [-0.05, 0) is 50.8 Å². The van der Waals surface area contributed by atoms with Crippen LogP contribution < -0.4 is 10.2 Å². The summed E-state index contributed by atoms with van der Waals surface area (Å²) in [5.74, 6) is 1.29. The lowest BCUT2D eigenvalue weighted by atomic mass is 9.99. The van der Waals surface area contributed by atoms with Crippen LogP contribution in [0.5, 0.6) is 0 Å². The van der Waals surface area contributed by atoms with Crippen LogP contribution in [0.25, 0.3) is 11.4 Å². The molecule has 0 spiro atoms. The Morgan fingerprint density at radius 2 is 2.19 bits per heavy atom. The first-order valence-corrected chi connectivity index (χ1v) is 10.7. The fourth-order valence-electron chi connectivity index (χ4n) is 4.01. The summed E-state index contributed by atoms with van der Waals surface area (Å²) in [6.07, 6.45) is 7.09. The Kier molecular flexibility index (Phi) is 6.29. The zero-order chi connectivity index (χ0) is 21.8. The first-order valence-electron chi connectivity index (χ1n) is 10.7. The minimum atomic E-state index is -0.393. The number of piperidine rings is 1. The van der Waals surface area contributed by atoms with Gasteiger partial charge in [0.15, 0.2) is 0 Å². The average Bonchev–Trinajstić information content (AvgIpc) is 3.39. The monoisotopic (exact) mass is 426 g/mol. The molecule has 0 aliphatic carbocycles. The van der Waals surface area contributed by atoms with Crippen molar-refractivity contribution < 1.29 is 13.7 Å². The molecule has 1 N–H and O–H groups in total. The number of carbonyl (C=O) groups excluding carboxylic acids is 1. The maximum atomic E-state index is 15.0. The van der Waals surface area contributed by atoms with Crippen molar-refractivity contribution in [3.63, 3.8) is 0 Å². The normalized spacial score (nSPS) is 16.5. The number of halogens is 1. The number of anilines is 1. The van der Waals surface area contributed by atoms with E-state index in [-0.39, 0.29) is 11.9 Å². The van der Waals surface area contributed by atoms with Crippen molar-refractivity contribution in [1.29, 1.82) is 0 Å². The summed E-state index contributed by atoms with van der Waals surface area (Å²) in [5, 5.41) is 6.87. The zero-order valence-electron chi connectivity index (χ0n) is 17.8. The number of nitrogens with one attached hydrogen (secondary N) is 1. The van der Waals surface area contributed by atoms with Crippen LogP contribution in [0, 0.1) is 19.7 Å². The van der Waals surface area contributed by atoms with Gasteiger partial charge in [-0.3, -0.25) is 4.79 Å². The van der Waals surface area contributed by atoms with Crippen molar-refractivity contribution in [2.75, 3.05) is 18.0 Å². The Bertz CT molecular complexity index is 1050. The molecule has 1 unspecified atom stereocenters. The molecule has 8 nitrogen and oxygen atoms in total. The molecule has 1 amide bonds. The van der Waals surface area contributed by atoms with Gasteiger partial charge in [0.25, 0.3) is 0 Å². The van der Waals surface area contributed by atoms with Gasteiger partial charge in [-0.25, -0.2) is 9.37 Å². The Hall–Kier alpha value is -3.23. The van der Waals surface area contributed by atoms with Crippen LogP contribution in [0.3, 0.4) is 0 Å². The molecule has 0 saturated carbocycles. The predicted octanol–water partition coefficient (Wildman–Crippen LogP) is 3.25. The van der Waals surface area contributed by atoms with Gasteiger partial charge in [-0.2, -0.15) is 4.98 Å². The van der Waals surface area contributed by atoms with E-state index in [0.717, 1.165) is 31.6 Å². The lowest BCUT2D eigenvalue weighted by Crippen LogP contribution is -2.50. The predicted molar refractivity (Wildman–Crippen MR) is 114 cm³/mol. The van der Waals surface area contributed by atoms with E-state index in [1.807, 2.05) is 18.0 Å². The maximum absolute atomic E-state index is 15.0. The number of benzene rings is 1. The third kappa shape index (κ3) is 4.76. The van der Waals surface area contributed by atoms with Gasteiger partial charge in [0, 0.05) is 44.5 Å². The van der Waals surface area contributed by atoms with Crippen LogP contribution in [0.1, 0.15) is 37.4 Å². The summed E-state index contributed by atoms with van der Waals surface area (Å²) in [7, 11) is 0. The van der Waals surface area contributed by atoms with Gasteiger partial charge < -0.3 is 19.3 Å². The number of hydrogen-bond donors (Lipinski definition) is 1. The summed E-state index contributed by atoms with van der Waals surface area (Å²) >= 11 is 0. The number of aryl methyl sites for hydroxylation is 3. The fourth-order valence-corrected chi connectivity index (χ4v) is 4.01. The number of amides is 1. The Balaban J connectivity index is 1.40. The molecule has 1 atom stereocenters. The largest absolute Gasteiger partial charge is 0.357 e. The Morgan fingerprint density at radius 3 is 2.90 bits per heavy atom. The van der Waals surface area contributed by atoms with E-state index in [0.29, 0.717) is 42.5 Å². The molecule has 0 bridgehead atoms. The molecule has 1 saturated heterocycles. The van der Waals surface area contributed by atoms with E-state index < -0.39 is 5.82 Å². The maximum Gasteiger partial charge on any atom is 0.242 e. The van der Waals surface area contributed by atoms with E-state index in [1.165, 1.54) is 6.07 Å². The van der Waals surface area contributed by atoms with Crippen molar-refractivity contribution in [2.45, 2.75) is 52.1 Å². The van der Waals surface area contributed by atoms with Gasteiger partial charge >= 0.3 is 0 Å². The number of rotatable bonds is 7. The number of hydrogen-bond acceptors (Lipinski definition) is 6.